The lowest BCUT2D eigenvalue weighted by molar-refractivity contribution is -0.123. The Labute approximate surface area is 133 Å². The molecule has 0 spiro atoms. The summed E-state index contributed by atoms with van der Waals surface area (Å²) in [6.45, 7) is 8.38. The summed E-state index contributed by atoms with van der Waals surface area (Å²) in [6.07, 6.45) is 8.24. The maximum Gasteiger partial charge on any atom is 0.162 e. The Hall–Kier alpha value is -0.930. The molecule has 3 heteroatoms. The van der Waals surface area contributed by atoms with Gasteiger partial charge in [-0.05, 0) is 63.5 Å². The van der Waals surface area contributed by atoms with Crippen LogP contribution in [0.4, 0.5) is 0 Å². The van der Waals surface area contributed by atoms with Crippen molar-refractivity contribution >= 4 is 5.78 Å². The lowest BCUT2D eigenvalue weighted by Gasteiger charge is -2.34. The summed E-state index contributed by atoms with van der Waals surface area (Å²) in [7, 11) is 0. The molecule has 0 aromatic carbocycles. The van der Waals surface area contributed by atoms with E-state index < -0.39 is 5.60 Å². The first-order valence-corrected chi connectivity index (χ1v) is 8.58. The Balaban J connectivity index is 1.93. The summed E-state index contributed by atoms with van der Waals surface area (Å²) in [5.74, 6) is -0.0487. The van der Waals surface area contributed by atoms with Crippen LogP contribution in [0, 0.1) is 11.8 Å². The summed E-state index contributed by atoms with van der Waals surface area (Å²) in [5, 5.41) is 11.4. The van der Waals surface area contributed by atoms with Gasteiger partial charge in [0.05, 0.1) is 23.2 Å². The van der Waals surface area contributed by atoms with Crippen molar-refractivity contribution in [3.8, 4) is 0 Å². The van der Waals surface area contributed by atoms with Crippen molar-refractivity contribution in [3.05, 3.63) is 23.3 Å². The summed E-state index contributed by atoms with van der Waals surface area (Å²) in [4.78, 5) is 12.5. The number of epoxide rings is 1. The third kappa shape index (κ3) is 2.59. The van der Waals surface area contributed by atoms with Crippen LogP contribution >= 0.6 is 0 Å². The Morgan fingerprint density at radius 1 is 1.36 bits per heavy atom. The molecule has 2 aliphatic carbocycles. The number of ketones is 1. The van der Waals surface area contributed by atoms with Crippen molar-refractivity contribution in [3.63, 3.8) is 0 Å². The molecule has 122 valence electrons. The Morgan fingerprint density at radius 2 is 2.09 bits per heavy atom. The molecule has 1 N–H and O–H groups in total. The molecule has 0 amide bonds. The summed E-state index contributed by atoms with van der Waals surface area (Å²) in [5.41, 5.74) is 1.12. The molecule has 1 saturated heterocycles. The average Bonchev–Trinajstić information content (AvgIpc) is 3.00. The molecule has 4 atom stereocenters. The molecule has 22 heavy (non-hydrogen) atoms. The quantitative estimate of drug-likeness (QED) is 0.595. The zero-order chi connectivity index (χ0) is 16.1. The van der Waals surface area contributed by atoms with Crippen LogP contribution in [0.15, 0.2) is 23.3 Å². The van der Waals surface area contributed by atoms with Crippen molar-refractivity contribution in [1.29, 1.82) is 0 Å². The standard InChI is InChI=1S/C19H28O3/c1-12(2)14-10-16(20)15-11-17-18(4,22-17)8-5-6-13(3)7-9-19(14,15)21/h6,10,12,15,17,21H,5,7-9,11H2,1-4H3/b13-6+/t15-,17+,18+,19+/m0/s1. The van der Waals surface area contributed by atoms with Crippen LogP contribution < -0.4 is 0 Å². The average molecular weight is 304 g/mol. The summed E-state index contributed by atoms with van der Waals surface area (Å²) >= 11 is 0. The highest BCUT2D eigenvalue weighted by Gasteiger charge is 2.57. The molecule has 1 fully saturated rings. The second kappa shape index (κ2) is 5.31. The highest BCUT2D eigenvalue weighted by molar-refractivity contribution is 5.97. The maximum absolute atomic E-state index is 12.5. The van der Waals surface area contributed by atoms with Gasteiger partial charge in [-0.1, -0.05) is 25.5 Å². The number of carbonyl (C=O) groups excluding carboxylic acids is 1. The SMILES string of the molecule is C/C1=C\CC[C@@]2(C)O[C@@H]2C[C@H]2C(=O)C=C(C(C)C)[C@]2(O)CC1. The van der Waals surface area contributed by atoms with E-state index >= 15 is 0 Å². The summed E-state index contributed by atoms with van der Waals surface area (Å²) in [6, 6.07) is 0. The molecular formula is C19H28O3. The first-order valence-electron chi connectivity index (χ1n) is 8.58. The third-order valence-electron chi connectivity index (χ3n) is 5.86. The third-order valence-corrected chi connectivity index (χ3v) is 5.86. The van der Waals surface area contributed by atoms with Crippen molar-refractivity contribution < 1.29 is 14.6 Å². The fraction of sp³-hybridized carbons (Fsp3) is 0.737. The van der Waals surface area contributed by atoms with Gasteiger partial charge >= 0.3 is 0 Å². The van der Waals surface area contributed by atoms with Crippen LogP contribution in [-0.2, 0) is 9.53 Å². The van der Waals surface area contributed by atoms with Crippen LogP contribution in [0.1, 0.15) is 59.8 Å². The highest BCUT2D eigenvalue weighted by Crippen LogP contribution is 2.50. The first-order chi connectivity index (χ1) is 10.3. The number of rotatable bonds is 1. The smallest absolute Gasteiger partial charge is 0.162 e. The van der Waals surface area contributed by atoms with Gasteiger partial charge < -0.3 is 9.84 Å². The first kappa shape index (κ1) is 15.9. The number of fused-ring (bicyclic) bond motifs is 2. The second-order valence-electron chi connectivity index (χ2n) is 7.88. The number of allylic oxidation sites excluding steroid dienone is 3. The Bertz CT molecular complexity index is 545. The normalized spacial score (nSPS) is 44.5. The van der Waals surface area contributed by atoms with Gasteiger partial charge in [0.1, 0.15) is 0 Å². The van der Waals surface area contributed by atoms with Crippen molar-refractivity contribution in [2.75, 3.05) is 0 Å². The van der Waals surface area contributed by atoms with E-state index in [2.05, 4.69) is 33.8 Å². The summed E-state index contributed by atoms with van der Waals surface area (Å²) < 4.78 is 5.89. The van der Waals surface area contributed by atoms with Crippen molar-refractivity contribution in [1.82, 2.24) is 0 Å². The minimum absolute atomic E-state index is 0.0879. The van der Waals surface area contributed by atoms with Crippen LogP contribution in [0.2, 0.25) is 0 Å². The van der Waals surface area contributed by atoms with Crippen molar-refractivity contribution in [2.24, 2.45) is 11.8 Å². The lowest BCUT2D eigenvalue weighted by Crippen LogP contribution is -2.41. The molecular weight excluding hydrogens is 276 g/mol. The van der Waals surface area contributed by atoms with Crippen molar-refractivity contribution in [2.45, 2.75) is 77.1 Å². The molecule has 0 aromatic heterocycles. The Kier molecular flexibility index (Phi) is 3.85. The Morgan fingerprint density at radius 3 is 2.77 bits per heavy atom. The van der Waals surface area contributed by atoms with E-state index in [0.29, 0.717) is 12.8 Å². The monoisotopic (exact) mass is 304 g/mol. The van der Waals surface area contributed by atoms with Gasteiger partial charge in [0.15, 0.2) is 5.78 Å². The predicted octanol–water partition coefficient (Wildman–Crippen LogP) is 3.57. The van der Waals surface area contributed by atoms with E-state index in [4.69, 9.17) is 4.74 Å². The second-order valence-corrected chi connectivity index (χ2v) is 7.88. The minimum atomic E-state index is -0.989. The number of ether oxygens (including phenoxy) is 1. The molecule has 0 saturated carbocycles. The van der Waals surface area contributed by atoms with Gasteiger partial charge in [-0.2, -0.15) is 0 Å². The van der Waals surface area contributed by atoms with Crippen LogP contribution in [0.5, 0.6) is 0 Å². The van der Waals surface area contributed by atoms with Gasteiger partial charge in [0, 0.05) is 0 Å². The van der Waals surface area contributed by atoms with Gasteiger partial charge in [-0.15, -0.1) is 0 Å². The number of hydrogen-bond donors (Lipinski definition) is 1. The highest BCUT2D eigenvalue weighted by atomic mass is 16.6. The van der Waals surface area contributed by atoms with E-state index in [9.17, 15) is 9.90 Å². The van der Waals surface area contributed by atoms with Gasteiger partial charge in [-0.25, -0.2) is 0 Å². The van der Waals surface area contributed by atoms with Crippen LogP contribution in [0.3, 0.4) is 0 Å². The van der Waals surface area contributed by atoms with E-state index in [0.717, 1.165) is 24.8 Å². The molecule has 0 radical (unpaired) electrons. The van der Waals surface area contributed by atoms with Gasteiger partial charge in [-0.3, -0.25) is 4.79 Å². The largest absolute Gasteiger partial charge is 0.385 e. The minimum Gasteiger partial charge on any atom is -0.385 e. The molecule has 0 aromatic rings. The number of aliphatic hydroxyl groups is 1. The predicted molar refractivity (Wildman–Crippen MR) is 86.5 cm³/mol. The fourth-order valence-electron chi connectivity index (χ4n) is 4.23. The van der Waals surface area contributed by atoms with E-state index in [-0.39, 0.29) is 29.3 Å². The maximum atomic E-state index is 12.5. The lowest BCUT2D eigenvalue weighted by atomic mass is 9.75. The van der Waals surface area contributed by atoms with Crippen LogP contribution in [0.25, 0.3) is 0 Å². The molecule has 1 aliphatic heterocycles. The zero-order valence-electron chi connectivity index (χ0n) is 14.2. The van der Waals surface area contributed by atoms with E-state index in [1.807, 2.05) is 0 Å². The fourth-order valence-corrected chi connectivity index (χ4v) is 4.23. The number of hydrogen-bond acceptors (Lipinski definition) is 3. The van der Waals surface area contributed by atoms with E-state index in [1.165, 1.54) is 5.57 Å². The molecule has 3 nitrogen and oxygen atoms in total. The molecule has 3 rings (SSSR count). The number of carbonyl (C=O) groups is 1. The zero-order valence-corrected chi connectivity index (χ0v) is 14.2. The topological polar surface area (TPSA) is 49.8 Å². The van der Waals surface area contributed by atoms with Gasteiger partial charge in [0.2, 0.25) is 0 Å². The molecule has 1 heterocycles. The van der Waals surface area contributed by atoms with Crippen LogP contribution in [-0.4, -0.2) is 28.2 Å². The van der Waals surface area contributed by atoms with E-state index in [1.54, 1.807) is 6.08 Å². The molecule has 0 unspecified atom stereocenters. The molecule has 0 bridgehead atoms. The molecule has 3 aliphatic rings. The van der Waals surface area contributed by atoms with Gasteiger partial charge in [0.25, 0.3) is 0 Å².